The van der Waals surface area contributed by atoms with Gasteiger partial charge in [-0.05, 0) is 24.6 Å². The highest BCUT2D eigenvalue weighted by Crippen LogP contribution is 2.45. The molecule has 0 amide bonds. The number of aryl methyl sites for hydroxylation is 1. The van der Waals surface area contributed by atoms with Gasteiger partial charge in [0.1, 0.15) is 42.0 Å². The first-order chi connectivity index (χ1) is 14.2. The van der Waals surface area contributed by atoms with Crippen LogP contribution in [0.2, 0.25) is 0 Å². The number of ketones is 1. The summed E-state index contributed by atoms with van der Waals surface area (Å²) in [6, 6.07) is 7.45. The van der Waals surface area contributed by atoms with Crippen molar-refractivity contribution in [1.82, 2.24) is 0 Å². The summed E-state index contributed by atoms with van der Waals surface area (Å²) >= 11 is 0. The number of benzene rings is 2. The summed E-state index contributed by atoms with van der Waals surface area (Å²) in [5.41, 5.74) is 1.12. The Kier molecular flexibility index (Phi) is 5.27. The maximum Gasteiger partial charge on any atom is 0.201 e. The van der Waals surface area contributed by atoms with Gasteiger partial charge in [-0.2, -0.15) is 0 Å². The van der Waals surface area contributed by atoms with Crippen LogP contribution < -0.4 is 0 Å². The lowest BCUT2D eigenvalue weighted by Crippen LogP contribution is -2.59. The molecule has 6 atom stereocenters. The average Bonchev–Trinajstić information content (AvgIpc) is 2.70. The fourth-order valence-electron chi connectivity index (χ4n) is 4.03. The molecule has 1 aliphatic carbocycles. The number of aromatic hydroxyl groups is 2. The van der Waals surface area contributed by atoms with Crippen LogP contribution in [0.5, 0.6) is 11.5 Å². The predicted molar refractivity (Wildman–Crippen MR) is 101 cm³/mol. The number of hydrogen-bond acceptors (Lipinski definition) is 9. The molecule has 4 rings (SSSR count). The van der Waals surface area contributed by atoms with Crippen LogP contribution in [0.1, 0.15) is 38.7 Å². The molecule has 2 aliphatic rings. The van der Waals surface area contributed by atoms with Crippen molar-refractivity contribution in [3.05, 3.63) is 58.1 Å². The highest BCUT2D eigenvalue weighted by molar-refractivity contribution is 6.15. The van der Waals surface area contributed by atoms with Crippen LogP contribution in [-0.2, 0) is 9.47 Å². The van der Waals surface area contributed by atoms with Crippen LogP contribution in [0, 0.1) is 6.92 Å². The minimum absolute atomic E-state index is 0.0517. The van der Waals surface area contributed by atoms with E-state index in [1.165, 1.54) is 18.2 Å². The fraction of sp³-hybridized carbons (Fsp3) is 0.381. The van der Waals surface area contributed by atoms with Gasteiger partial charge >= 0.3 is 0 Å². The molecule has 9 nitrogen and oxygen atoms in total. The zero-order valence-electron chi connectivity index (χ0n) is 16.0. The van der Waals surface area contributed by atoms with Crippen LogP contribution in [0.15, 0.2) is 30.3 Å². The smallest absolute Gasteiger partial charge is 0.201 e. The van der Waals surface area contributed by atoms with Gasteiger partial charge in [-0.3, -0.25) is 4.79 Å². The summed E-state index contributed by atoms with van der Waals surface area (Å²) in [5.74, 6) is -1.17. The van der Waals surface area contributed by atoms with Gasteiger partial charge in [-0.15, -0.1) is 0 Å². The molecule has 0 bridgehead atoms. The Labute approximate surface area is 171 Å². The number of carbonyl (C=O) groups excluding carboxylic acids is 1. The lowest BCUT2D eigenvalue weighted by molar-refractivity contribution is -0.309. The molecule has 0 spiro atoms. The normalized spacial score (nSPS) is 30.6. The largest absolute Gasteiger partial charge is 0.507 e. The van der Waals surface area contributed by atoms with E-state index in [0.29, 0.717) is 11.1 Å². The van der Waals surface area contributed by atoms with E-state index < -0.39 is 49.2 Å². The second kappa shape index (κ2) is 7.62. The van der Waals surface area contributed by atoms with Gasteiger partial charge in [0.25, 0.3) is 0 Å². The van der Waals surface area contributed by atoms with E-state index in [2.05, 4.69) is 0 Å². The number of phenolic OH excluding ortho intramolecular Hbond substituents is 2. The monoisotopic (exact) mass is 418 g/mol. The number of aliphatic hydroxyl groups is 4. The SMILES string of the molecule is Cc1cc(O)c2c(c1)C(OC1OC(CO)C(O)C(O)C1O)c1cccc(O)c1C2=O. The van der Waals surface area contributed by atoms with Crippen molar-refractivity contribution < 1.29 is 44.9 Å². The third kappa shape index (κ3) is 3.16. The number of ether oxygens (including phenoxy) is 2. The maximum atomic E-state index is 13.0. The average molecular weight is 418 g/mol. The highest BCUT2D eigenvalue weighted by Gasteiger charge is 2.46. The zero-order valence-corrected chi connectivity index (χ0v) is 16.0. The first kappa shape index (κ1) is 20.7. The van der Waals surface area contributed by atoms with Gasteiger partial charge < -0.3 is 40.1 Å². The standard InChI is InChI=1S/C21H22O9/c1-8-5-10-15(12(24)6-8)17(26)14-9(3-2-4-11(14)23)20(10)30-21-19(28)18(27)16(25)13(7-22)29-21/h2-6,13,16,18-25,27-28H,7H2,1H3. The van der Waals surface area contributed by atoms with Gasteiger partial charge in [0.15, 0.2) is 6.29 Å². The molecule has 0 aromatic heterocycles. The zero-order chi connectivity index (χ0) is 21.7. The van der Waals surface area contributed by atoms with Gasteiger partial charge in [0, 0.05) is 11.1 Å². The quantitative estimate of drug-likeness (QED) is 0.399. The molecular formula is C21H22O9. The Hall–Kier alpha value is -2.53. The Morgan fingerprint density at radius 2 is 1.67 bits per heavy atom. The first-order valence-electron chi connectivity index (χ1n) is 9.40. The molecule has 6 unspecified atom stereocenters. The lowest BCUT2D eigenvalue weighted by Gasteiger charge is -2.41. The van der Waals surface area contributed by atoms with E-state index in [-0.39, 0.29) is 28.2 Å². The van der Waals surface area contributed by atoms with Crippen LogP contribution in [-0.4, -0.2) is 73.7 Å². The van der Waals surface area contributed by atoms with Crippen LogP contribution in [0.25, 0.3) is 0 Å². The molecule has 160 valence electrons. The van der Waals surface area contributed by atoms with E-state index in [9.17, 15) is 35.4 Å². The molecule has 9 heteroatoms. The molecule has 2 aromatic rings. The van der Waals surface area contributed by atoms with E-state index in [1.807, 2.05) is 0 Å². The minimum Gasteiger partial charge on any atom is -0.507 e. The Morgan fingerprint density at radius 1 is 0.967 bits per heavy atom. The lowest BCUT2D eigenvalue weighted by atomic mass is 9.81. The van der Waals surface area contributed by atoms with E-state index >= 15 is 0 Å². The number of rotatable bonds is 3. The molecule has 0 radical (unpaired) electrons. The molecule has 0 saturated carbocycles. The van der Waals surface area contributed by atoms with Crippen LogP contribution in [0.3, 0.4) is 0 Å². The predicted octanol–water partition coefficient (Wildman–Crippen LogP) is -0.143. The summed E-state index contributed by atoms with van der Waals surface area (Å²) in [6.45, 7) is 1.09. The van der Waals surface area contributed by atoms with Crippen LogP contribution >= 0.6 is 0 Å². The third-order valence-corrected chi connectivity index (χ3v) is 5.50. The van der Waals surface area contributed by atoms with E-state index in [4.69, 9.17) is 9.47 Å². The molecule has 1 heterocycles. The van der Waals surface area contributed by atoms with E-state index in [1.54, 1.807) is 19.1 Å². The van der Waals surface area contributed by atoms with Crippen molar-refractivity contribution in [2.75, 3.05) is 6.61 Å². The highest BCUT2D eigenvalue weighted by atomic mass is 16.7. The summed E-state index contributed by atoms with van der Waals surface area (Å²) in [4.78, 5) is 13.0. The maximum absolute atomic E-state index is 13.0. The fourth-order valence-corrected chi connectivity index (χ4v) is 4.03. The van der Waals surface area contributed by atoms with Crippen molar-refractivity contribution in [2.24, 2.45) is 0 Å². The number of hydrogen-bond donors (Lipinski definition) is 6. The first-order valence-corrected chi connectivity index (χ1v) is 9.40. The van der Waals surface area contributed by atoms with Gasteiger partial charge in [-0.25, -0.2) is 0 Å². The number of fused-ring (bicyclic) bond motifs is 2. The number of carbonyl (C=O) groups is 1. The Bertz CT molecular complexity index is 987. The second-order valence-electron chi connectivity index (χ2n) is 7.53. The van der Waals surface area contributed by atoms with Gasteiger partial charge in [-0.1, -0.05) is 18.2 Å². The minimum atomic E-state index is -1.65. The van der Waals surface area contributed by atoms with Crippen molar-refractivity contribution in [1.29, 1.82) is 0 Å². The molecule has 1 saturated heterocycles. The summed E-state index contributed by atoms with van der Waals surface area (Å²) in [6.07, 6.45) is -8.53. The molecule has 6 N–H and O–H groups in total. The number of aliphatic hydroxyl groups excluding tert-OH is 4. The third-order valence-electron chi connectivity index (χ3n) is 5.50. The number of phenols is 2. The molecule has 1 aliphatic heterocycles. The summed E-state index contributed by atoms with van der Waals surface area (Å²) in [7, 11) is 0. The van der Waals surface area contributed by atoms with E-state index in [0.717, 1.165) is 0 Å². The molecular weight excluding hydrogens is 396 g/mol. The van der Waals surface area contributed by atoms with Gasteiger partial charge in [0.2, 0.25) is 5.78 Å². The van der Waals surface area contributed by atoms with Crippen molar-refractivity contribution in [2.45, 2.75) is 43.7 Å². The molecule has 30 heavy (non-hydrogen) atoms. The van der Waals surface area contributed by atoms with Gasteiger partial charge in [0.05, 0.1) is 17.7 Å². The van der Waals surface area contributed by atoms with Crippen molar-refractivity contribution in [3.63, 3.8) is 0 Å². The Balaban J connectivity index is 1.82. The van der Waals surface area contributed by atoms with Crippen molar-refractivity contribution >= 4 is 5.78 Å². The van der Waals surface area contributed by atoms with Crippen molar-refractivity contribution in [3.8, 4) is 11.5 Å². The van der Waals surface area contributed by atoms with Crippen LogP contribution in [0.4, 0.5) is 0 Å². The Morgan fingerprint density at radius 3 is 2.37 bits per heavy atom. The molecule has 1 fully saturated rings. The second-order valence-corrected chi connectivity index (χ2v) is 7.53. The molecule has 2 aromatic carbocycles. The topological polar surface area (TPSA) is 157 Å². The summed E-state index contributed by atoms with van der Waals surface area (Å²) < 4.78 is 11.4. The summed E-state index contributed by atoms with van der Waals surface area (Å²) in [5, 5.41) is 60.5.